The van der Waals surface area contributed by atoms with Gasteiger partial charge in [-0.2, -0.15) is 0 Å². The minimum absolute atomic E-state index is 0. The standard InChI is InChI=1S/C8H17NO.ClH/c1-8(2)5-7(6-10)3-4-9-8;/h7,9-10H,3-6H2,1-2H3;1H. The molecule has 68 valence electrons. The lowest BCUT2D eigenvalue weighted by molar-refractivity contribution is 0.147. The maximum Gasteiger partial charge on any atom is 0.0460 e. The Bertz CT molecular complexity index is 117. The molecule has 3 heteroatoms. The van der Waals surface area contributed by atoms with E-state index >= 15 is 0 Å². The summed E-state index contributed by atoms with van der Waals surface area (Å²) in [6, 6.07) is 0. The van der Waals surface area contributed by atoms with E-state index in [1.54, 1.807) is 0 Å². The van der Waals surface area contributed by atoms with Gasteiger partial charge in [0.15, 0.2) is 0 Å². The van der Waals surface area contributed by atoms with Gasteiger partial charge < -0.3 is 10.4 Å². The third kappa shape index (κ3) is 3.41. The fourth-order valence-corrected chi connectivity index (χ4v) is 1.67. The highest BCUT2D eigenvalue weighted by Gasteiger charge is 2.26. The van der Waals surface area contributed by atoms with Gasteiger partial charge >= 0.3 is 0 Å². The second-order valence-electron chi connectivity index (χ2n) is 3.85. The lowest BCUT2D eigenvalue weighted by atomic mass is 9.85. The number of halogens is 1. The van der Waals surface area contributed by atoms with Crippen LogP contribution in [0.5, 0.6) is 0 Å². The number of hydrogen-bond acceptors (Lipinski definition) is 2. The number of aliphatic hydroxyl groups is 1. The van der Waals surface area contributed by atoms with Crippen LogP contribution in [0.2, 0.25) is 0 Å². The summed E-state index contributed by atoms with van der Waals surface area (Å²) in [5.74, 6) is 0.524. The van der Waals surface area contributed by atoms with E-state index in [1.165, 1.54) is 0 Å². The molecule has 0 spiro atoms. The molecule has 1 aliphatic heterocycles. The number of hydrogen-bond donors (Lipinski definition) is 2. The predicted octanol–water partition coefficient (Wildman–Crippen LogP) is 1.18. The number of nitrogens with one attached hydrogen (secondary N) is 1. The van der Waals surface area contributed by atoms with E-state index in [0.29, 0.717) is 12.5 Å². The lowest BCUT2D eigenvalue weighted by Gasteiger charge is -2.35. The summed E-state index contributed by atoms with van der Waals surface area (Å²) in [5, 5.41) is 12.3. The van der Waals surface area contributed by atoms with Gasteiger partial charge in [0.1, 0.15) is 0 Å². The molecule has 0 aromatic heterocycles. The Morgan fingerprint density at radius 3 is 2.55 bits per heavy atom. The fourth-order valence-electron chi connectivity index (χ4n) is 1.67. The van der Waals surface area contributed by atoms with Crippen LogP contribution in [-0.2, 0) is 0 Å². The average Bonchev–Trinajstić information content (AvgIpc) is 1.86. The third-order valence-electron chi connectivity index (χ3n) is 2.21. The molecule has 1 saturated heterocycles. The van der Waals surface area contributed by atoms with Crippen molar-refractivity contribution in [1.82, 2.24) is 5.32 Å². The molecule has 0 aromatic carbocycles. The van der Waals surface area contributed by atoms with Crippen LogP contribution >= 0.6 is 12.4 Å². The van der Waals surface area contributed by atoms with Crippen molar-refractivity contribution in [2.45, 2.75) is 32.2 Å². The van der Waals surface area contributed by atoms with E-state index in [2.05, 4.69) is 19.2 Å². The molecular formula is C8H18ClNO. The van der Waals surface area contributed by atoms with Crippen LogP contribution in [0.1, 0.15) is 26.7 Å². The first kappa shape index (κ1) is 11.2. The molecule has 1 aliphatic rings. The van der Waals surface area contributed by atoms with Gasteiger partial charge in [0.05, 0.1) is 0 Å². The molecule has 1 unspecified atom stereocenters. The Balaban J connectivity index is 0.000001000. The molecule has 0 amide bonds. The molecule has 0 aromatic rings. The summed E-state index contributed by atoms with van der Waals surface area (Å²) in [7, 11) is 0. The summed E-state index contributed by atoms with van der Waals surface area (Å²) in [6.45, 7) is 5.78. The van der Waals surface area contributed by atoms with E-state index in [1.807, 2.05) is 0 Å². The highest BCUT2D eigenvalue weighted by atomic mass is 35.5. The molecule has 2 nitrogen and oxygen atoms in total. The minimum atomic E-state index is 0. The molecule has 0 aliphatic carbocycles. The van der Waals surface area contributed by atoms with Gasteiger partial charge in [0.25, 0.3) is 0 Å². The molecule has 0 radical (unpaired) electrons. The third-order valence-corrected chi connectivity index (χ3v) is 2.21. The molecule has 0 bridgehead atoms. The summed E-state index contributed by atoms with van der Waals surface area (Å²) < 4.78 is 0. The first-order chi connectivity index (χ1) is 4.64. The van der Waals surface area contributed by atoms with Gasteiger partial charge in [-0.25, -0.2) is 0 Å². The zero-order valence-corrected chi connectivity index (χ0v) is 8.08. The van der Waals surface area contributed by atoms with Crippen molar-refractivity contribution in [2.75, 3.05) is 13.2 Å². The number of piperidine rings is 1. The Morgan fingerprint density at radius 2 is 2.18 bits per heavy atom. The summed E-state index contributed by atoms with van der Waals surface area (Å²) in [5.41, 5.74) is 0.242. The number of aliphatic hydroxyl groups excluding tert-OH is 1. The molecule has 1 atom stereocenters. The second kappa shape index (κ2) is 4.29. The van der Waals surface area contributed by atoms with Crippen molar-refractivity contribution in [3.63, 3.8) is 0 Å². The monoisotopic (exact) mass is 179 g/mol. The van der Waals surface area contributed by atoms with Crippen LogP contribution in [0.4, 0.5) is 0 Å². The van der Waals surface area contributed by atoms with Crippen LogP contribution in [0.25, 0.3) is 0 Å². The minimum Gasteiger partial charge on any atom is -0.396 e. The summed E-state index contributed by atoms with van der Waals surface area (Å²) in [6.07, 6.45) is 2.23. The van der Waals surface area contributed by atoms with Crippen LogP contribution < -0.4 is 5.32 Å². The Morgan fingerprint density at radius 1 is 1.55 bits per heavy atom. The Hall–Kier alpha value is 0.210. The Kier molecular flexibility index (Phi) is 4.37. The maximum absolute atomic E-state index is 8.90. The van der Waals surface area contributed by atoms with Crippen molar-refractivity contribution in [1.29, 1.82) is 0 Å². The van der Waals surface area contributed by atoms with E-state index in [4.69, 9.17) is 5.11 Å². The SMILES string of the molecule is CC1(C)CC(CO)CCN1.Cl. The zero-order chi connectivity index (χ0) is 7.61. The second-order valence-corrected chi connectivity index (χ2v) is 3.85. The highest BCUT2D eigenvalue weighted by molar-refractivity contribution is 5.85. The lowest BCUT2D eigenvalue weighted by Crippen LogP contribution is -2.46. The van der Waals surface area contributed by atoms with Gasteiger partial charge in [0.2, 0.25) is 0 Å². The van der Waals surface area contributed by atoms with Crippen LogP contribution in [0.15, 0.2) is 0 Å². The Labute approximate surface area is 74.8 Å². The van der Waals surface area contributed by atoms with Gasteiger partial charge in [-0.05, 0) is 39.2 Å². The van der Waals surface area contributed by atoms with Crippen LogP contribution in [-0.4, -0.2) is 23.8 Å². The molecule has 1 fully saturated rings. The quantitative estimate of drug-likeness (QED) is 0.634. The highest BCUT2D eigenvalue weighted by Crippen LogP contribution is 2.22. The fraction of sp³-hybridized carbons (Fsp3) is 1.00. The first-order valence-corrected chi connectivity index (χ1v) is 4.00. The molecule has 2 N–H and O–H groups in total. The van der Waals surface area contributed by atoms with E-state index in [0.717, 1.165) is 19.4 Å². The van der Waals surface area contributed by atoms with E-state index < -0.39 is 0 Å². The van der Waals surface area contributed by atoms with E-state index in [9.17, 15) is 0 Å². The normalized spacial score (nSPS) is 29.2. The van der Waals surface area contributed by atoms with Crippen molar-refractivity contribution in [3.05, 3.63) is 0 Å². The average molecular weight is 180 g/mol. The van der Waals surface area contributed by atoms with Crippen LogP contribution in [0, 0.1) is 5.92 Å². The van der Waals surface area contributed by atoms with Crippen molar-refractivity contribution < 1.29 is 5.11 Å². The molecule has 11 heavy (non-hydrogen) atoms. The van der Waals surface area contributed by atoms with Crippen molar-refractivity contribution in [3.8, 4) is 0 Å². The predicted molar refractivity (Wildman–Crippen MR) is 49.1 cm³/mol. The van der Waals surface area contributed by atoms with Crippen LogP contribution in [0.3, 0.4) is 0 Å². The first-order valence-electron chi connectivity index (χ1n) is 4.00. The maximum atomic E-state index is 8.90. The largest absolute Gasteiger partial charge is 0.396 e. The molecule has 1 heterocycles. The van der Waals surface area contributed by atoms with Crippen molar-refractivity contribution in [2.24, 2.45) is 5.92 Å². The van der Waals surface area contributed by atoms with Gasteiger partial charge in [0, 0.05) is 12.1 Å². The van der Waals surface area contributed by atoms with Gasteiger partial charge in [-0.15, -0.1) is 12.4 Å². The topological polar surface area (TPSA) is 32.3 Å². The zero-order valence-electron chi connectivity index (χ0n) is 7.26. The molecule has 1 rings (SSSR count). The van der Waals surface area contributed by atoms with Crippen molar-refractivity contribution >= 4 is 12.4 Å². The van der Waals surface area contributed by atoms with E-state index in [-0.39, 0.29) is 17.9 Å². The number of rotatable bonds is 1. The summed E-state index contributed by atoms with van der Waals surface area (Å²) >= 11 is 0. The van der Waals surface area contributed by atoms with Gasteiger partial charge in [-0.3, -0.25) is 0 Å². The molecule has 0 saturated carbocycles. The summed E-state index contributed by atoms with van der Waals surface area (Å²) in [4.78, 5) is 0. The van der Waals surface area contributed by atoms with Gasteiger partial charge in [-0.1, -0.05) is 0 Å². The smallest absolute Gasteiger partial charge is 0.0460 e. The molecular weight excluding hydrogens is 162 g/mol.